The van der Waals surface area contributed by atoms with Gasteiger partial charge in [0, 0.05) is 12.6 Å². The minimum Gasteiger partial charge on any atom is -0.326 e. The Kier molecular flexibility index (Phi) is 4.42. The van der Waals surface area contributed by atoms with Crippen molar-refractivity contribution in [1.82, 2.24) is 4.90 Å². The highest BCUT2D eigenvalue weighted by atomic mass is 15.1. The van der Waals surface area contributed by atoms with Gasteiger partial charge < -0.3 is 10.6 Å². The zero-order valence-corrected chi connectivity index (χ0v) is 11.8. The van der Waals surface area contributed by atoms with Crippen LogP contribution in [-0.2, 0) is 0 Å². The average Bonchev–Trinajstić information content (AvgIpc) is 2.20. The Morgan fingerprint density at radius 3 is 2.12 bits per heavy atom. The van der Waals surface area contributed by atoms with Gasteiger partial charge in [0.2, 0.25) is 0 Å². The predicted molar refractivity (Wildman–Crippen MR) is 71.5 cm³/mol. The van der Waals surface area contributed by atoms with Crippen LogP contribution in [-0.4, -0.2) is 30.6 Å². The number of nitrogens with two attached hydrogens (primary N) is 1. The van der Waals surface area contributed by atoms with E-state index in [1.807, 2.05) is 0 Å². The van der Waals surface area contributed by atoms with Crippen LogP contribution in [0.25, 0.3) is 0 Å². The molecule has 1 heterocycles. The number of likely N-dealkylation sites (tertiary alicyclic amines) is 1. The second-order valence-corrected chi connectivity index (χ2v) is 6.94. The van der Waals surface area contributed by atoms with Crippen molar-refractivity contribution in [2.75, 3.05) is 19.6 Å². The Balaban J connectivity index is 2.38. The summed E-state index contributed by atoms with van der Waals surface area (Å²) in [5.41, 5.74) is 7.05. The van der Waals surface area contributed by atoms with Gasteiger partial charge in [-0.25, -0.2) is 0 Å². The molecule has 0 amide bonds. The maximum absolute atomic E-state index is 6.24. The number of piperidine rings is 1. The molecular weight excluding hydrogens is 196 g/mol. The molecule has 1 aliphatic heterocycles. The smallest absolute Gasteiger partial charge is 0.0217 e. The molecule has 1 atom stereocenters. The standard InChI is InChI=1S/C14H30N2/c1-6-14(5)7-9-16(10-8-14)11-12(15)13(2,3)4/h12H,6-11,15H2,1-5H3. The first-order valence-corrected chi connectivity index (χ1v) is 6.75. The van der Waals surface area contributed by atoms with Crippen LogP contribution in [0.15, 0.2) is 0 Å². The number of hydrogen-bond acceptors (Lipinski definition) is 2. The van der Waals surface area contributed by atoms with Gasteiger partial charge in [-0.2, -0.15) is 0 Å². The highest BCUT2D eigenvalue weighted by molar-refractivity contribution is 4.85. The van der Waals surface area contributed by atoms with Crippen LogP contribution >= 0.6 is 0 Å². The molecule has 0 spiro atoms. The van der Waals surface area contributed by atoms with Crippen LogP contribution in [0.3, 0.4) is 0 Å². The lowest BCUT2D eigenvalue weighted by molar-refractivity contribution is 0.0967. The lowest BCUT2D eigenvalue weighted by atomic mass is 9.78. The van der Waals surface area contributed by atoms with Gasteiger partial charge in [0.15, 0.2) is 0 Å². The van der Waals surface area contributed by atoms with Crippen molar-refractivity contribution < 1.29 is 0 Å². The molecule has 0 bridgehead atoms. The van der Waals surface area contributed by atoms with Gasteiger partial charge in [0.05, 0.1) is 0 Å². The van der Waals surface area contributed by atoms with Crippen molar-refractivity contribution in [3.05, 3.63) is 0 Å². The molecule has 1 rings (SSSR count). The molecule has 2 heteroatoms. The summed E-state index contributed by atoms with van der Waals surface area (Å²) < 4.78 is 0. The first-order valence-electron chi connectivity index (χ1n) is 6.75. The van der Waals surface area contributed by atoms with E-state index in [0.717, 1.165) is 6.54 Å². The molecule has 1 aliphatic rings. The molecule has 1 unspecified atom stereocenters. The summed E-state index contributed by atoms with van der Waals surface area (Å²) in [6.45, 7) is 15.0. The second kappa shape index (κ2) is 5.05. The predicted octanol–water partition coefficient (Wildman–Crippen LogP) is 2.87. The minimum atomic E-state index is 0.228. The molecule has 2 N–H and O–H groups in total. The zero-order chi connectivity index (χ0) is 12.4. The van der Waals surface area contributed by atoms with Crippen LogP contribution in [0.4, 0.5) is 0 Å². The van der Waals surface area contributed by atoms with Gasteiger partial charge in [0.1, 0.15) is 0 Å². The highest BCUT2D eigenvalue weighted by Crippen LogP contribution is 2.34. The first kappa shape index (κ1) is 14.0. The average molecular weight is 226 g/mol. The third kappa shape index (κ3) is 3.74. The number of hydrogen-bond donors (Lipinski definition) is 1. The maximum Gasteiger partial charge on any atom is 0.0217 e. The van der Waals surface area contributed by atoms with E-state index in [1.54, 1.807) is 0 Å². The zero-order valence-electron chi connectivity index (χ0n) is 11.8. The van der Waals surface area contributed by atoms with Crippen molar-refractivity contribution >= 4 is 0 Å². The summed E-state index contributed by atoms with van der Waals surface area (Å²) in [6.07, 6.45) is 3.98. The summed E-state index contributed by atoms with van der Waals surface area (Å²) >= 11 is 0. The number of rotatable bonds is 3. The molecule has 2 nitrogen and oxygen atoms in total. The molecule has 0 aliphatic carbocycles. The van der Waals surface area contributed by atoms with E-state index in [2.05, 4.69) is 39.5 Å². The fourth-order valence-electron chi connectivity index (χ4n) is 2.18. The molecule has 16 heavy (non-hydrogen) atoms. The fraction of sp³-hybridized carbons (Fsp3) is 1.00. The first-order chi connectivity index (χ1) is 7.27. The summed E-state index contributed by atoms with van der Waals surface area (Å²) in [6, 6.07) is 0.290. The lowest BCUT2D eigenvalue weighted by Crippen LogP contribution is -2.48. The molecular formula is C14H30N2. The third-order valence-electron chi connectivity index (χ3n) is 4.48. The SMILES string of the molecule is CCC1(C)CCN(CC(N)C(C)(C)C)CC1. The van der Waals surface area contributed by atoms with Crippen LogP contribution in [0.1, 0.15) is 53.9 Å². The van der Waals surface area contributed by atoms with E-state index >= 15 is 0 Å². The maximum atomic E-state index is 6.24. The molecule has 0 aromatic rings. The minimum absolute atomic E-state index is 0.228. The molecule has 0 aromatic carbocycles. The van der Waals surface area contributed by atoms with Crippen LogP contribution in [0.2, 0.25) is 0 Å². The van der Waals surface area contributed by atoms with Gasteiger partial charge in [0.25, 0.3) is 0 Å². The second-order valence-electron chi connectivity index (χ2n) is 6.94. The van der Waals surface area contributed by atoms with Crippen molar-refractivity contribution in [3.8, 4) is 0 Å². The van der Waals surface area contributed by atoms with E-state index in [0.29, 0.717) is 11.5 Å². The van der Waals surface area contributed by atoms with E-state index < -0.39 is 0 Å². The molecule has 0 saturated carbocycles. The van der Waals surface area contributed by atoms with E-state index in [-0.39, 0.29) is 5.41 Å². The molecule has 0 aromatic heterocycles. The quantitative estimate of drug-likeness (QED) is 0.802. The van der Waals surface area contributed by atoms with E-state index in [9.17, 15) is 0 Å². The van der Waals surface area contributed by atoms with E-state index in [1.165, 1.54) is 32.4 Å². The molecule has 0 radical (unpaired) electrons. The Morgan fingerprint density at radius 1 is 1.25 bits per heavy atom. The monoisotopic (exact) mass is 226 g/mol. The van der Waals surface area contributed by atoms with Gasteiger partial charge in [-0.05, 0) is 36.8 Å². The van der Waals surface area contributed by atoms with Gasteiger partial charge >= 0.3 is 0 Å². The molecule has 96 valence electrons. The Hall–Kier alpha value is -0.0800. The fourth-order valence-corrected chi connectivity index (χ4v) is 2.18. The van der Waals surface area contributed by atoms with Crippen LogP contribution in [0, 0.1) is 10.8 Å². The topological polar surface area (TPSA) is 29.3 Å². The van der Waals surface area contributed by atoms with Crippen molar-refractivity contribution in [3.63, 3.8) is 0 Å². The largest absolute Gasteiger partial charge is 0.326 e. The Bertz CT molecular complexity index is 209. The Morgan fingerprint density at radius 2 is 1.75 bits per heavy atom. The third-order valence-corrected chi connectivity index (χ3v) is 4.48. The normalized spacial score (nSPS) is 24.4. The van der Waals surface area contributed by atoms with E-state index in [4.69, 9.17) is 5.73 Å². The van der Waals surface area contributed by atoms with Crippen molar-refractivity contribution in [1.29, 1.82) is 0 Å². The summed E-state index contributed by atoms with van der Waals surface area (Å²) in [7, 11) is 0. The highest BCUT2D eigenvalue weighted by Gasteiger charge is 2.30. The van der Waals surface area contributed by atoms with Crippen LogP contribution in [0.5, 0.6) is 0 Å². The Labute approximate surface area is 102 Å². The van der Waals surface area contributed by atoms with Crippen molar-refractivity contribution in [2.24, 2.45) is 16.6 Å². The summed E-state index contributed by atoms with van der Waals surface area (Å²) in [5.74, 6) is 0. The van der Waals surface area contributed by atoms with Gasteiger partial charge in [-0.3, -0.25) is 0 Å². The molecule has 1 fully saturated rings. The summed E-state index contributed by atoms with van der Waals surface area (Å²) in [5, 5.41) is 0. The van der Waals surface area contributed by atoms with Gasteiger partial charge in [-0.1, -0.05) is 41.0 Å². The lowest BCUT2D eigenvalue weighted by Gasteiger charge is -2.41. The summed E-state index contributed by atoms with van der Waals surface area (Å²) in [4.78, 5) is 2.55. The van der Waals surface area contributed by atoms with Crippen LogP contribution < -0.4 is 5.73 Å². The number of nitrogens with zero attached hydrogens (tertiary/aromatic N) is 1. The van der Waals surface area contributed by atoms with Gasteiger partial charge in [-0.15, -0.1) is 0 Å². The van der Waals surface area contributed by atoms with Crippen molar-refractivity contribution in [2.45, 2.75) is 59.9 Å². The molecule has 1 saturated heterocycles.